The molecule has 0 unspecified atom stereocenters. The fourth-order valence-electron chi connectivity index (χ4n) is 1.33. The maximum atomic E-state index is 8.93. The highest BCUT2D eigenvalue weighted by Gasteiger charge is 2.07. The first-order chi connectivity index (χ1) is 8.22. The van der Waals surface area contributed by atoms with Gasteiger partial charge >= 0.3 is 0 Å². The molecule has 0 atom stereocenters. The van der Waals surface area contributed by atoms with Crippen LogP contribution in [-0.4, -0.2) is 9.78 Å². The molecule has 0 aliphatic rings. The van der Waals surface area contributed by atoms with E-state index in [1.165, 1.54) is 6.07 Å². The number of rotatable bonds is 2. The molecule has 0 bridgehead atoms. The van der Waals surface area contributed by atoms with E-state index < -0.39 is 0 Å². The van der Waals surface area contributed by atoms with Crippen LogP contribution < -0.4 is 4.74 Å². The van der Waals surface area contributed by atoms with Crippen molar-refractivity contribution in [3.05, 3.63) is 41.6 Å². The second-order valence-corrected chi connectivity index (χ2v) is 3.36. The molecule has 5 heteroatoms. The zero-order chi connectivity index (χ0) is 12.3. The molecule has 82 valence electrons. The van der Waals surface area contributed by atoms with E-state index in [0.717, 1.165) is 0 Å². The van der Waals surface area contributed by atoms with Crippen molar-refractivity contribution in [2.75, 3.05) is 0 Å². The molecule has 1 heterocycles. The van der Waals surface area contributed by atoms with Gasteiger partial charge in [-0.2, -0.15) is 10.5 Å². The summed E-state index contributed by atoms with van der Waals surface area (Å²) in [5.41, 5.74) is 0.810. The van der Waals surface area contributed by atoms with Crippen LogP contribution in [-0.2, 0) is 7.05 Å². The Balaban J connectivity index is 2.38. The van der Waals surface area contributed by atoms with Gasteiger partial charge in [0.25, 0.3) is 0 Å². The van der Waals surface area contributed by atoms with E-state index in [1.807, 2.05) is 12.1 Å². The van der Waals surface area contributed by atoms with E-state index in [4.69, 9.17) is 15.3 Å². The van der Waals surface area contributed by atoms with Crippen molar-refractivity contribution in [2.24, 2.45) is 7.05 Å². The van der Waals surface area contributed by atoms with Crippen molar-refractivity contribution in [1.82, 2.24) is 9.78 Å². The number of ether oxygens (including phenoxy) is 1. The van der Waals surface area contributed by atoms with Crippen LogP contribution in [0.15, 0.2) is 30.5 Å². The van der Waals surface area contributed by atoms with Crippen LogP contribution in [0.4, 0.5) is 0 Å². The van der Waals surface area contributed by atoms with Crippen LogP contribution in [0.1, 0.15) is 11.1 Å². The average molecular weight is 224 g/mol. The fourth-order valence-corrected chi connectivity index (χ4v) is 1.33. The normalized spacial score (nSPS) is 9.35. The highest BCUT2D eigenvalue weighted by Crippen LogP contribution is 2.24. The smallest absolute Gasteiger partial charge is 0.238 e. The van der Waals surface area contributed by atoms with Crippen molar-refractivity contribution >= 4 is 0 Å². The van der Waals surface area contributed by atoms with Crippen molar-refractivity contribution in [2.45, 2.75) is 0 Å². The molecule has 0 amide bonds. The molecule has 2 aromatic rings. The Hall–Kier alpha value is -2.79. The molecule has 5 nitrogen and oxygen atoms in total. The summed E-state index contributed by atoms with van der Waals surface area (Å²) in [5, 5.41) is 21.8. The van der Waals surface area contributed by atoms with Gasteiger partial charge in [-0.25, -0.2) is 0 Å². The molecule has 1 aromatic heterocycles. The Labute approximate surface area is 98.1 Å². The Morgan fingerprint density at radius 3 is 2.65 bits per heavy atom. The molecule has 0 saturated heterocycles. The molecular formula is C12H8N4O. The van der Waals surface area contributed by atoms with Gasteiger partial charge < -0.3 is 4.74 Å². The van der Waals surface area contributed by atoms with Crippen LogP contribution in [0.2, 0.25) is 0 Å². The first-order valence-corrected chi connectivity index (χ1v) is 4.84. The number of nitrogens with zero attached hydrogens (tertiary/aromatic N) is 4. The maximum Gasteiger partial charge on any atom is 0.238 e. The molecule has 1 aromatic carbocycles. The van der Waals surface area contributed by atoms with Crippen molar-refractivity contribution < 1.29 is 4.74 Å². The van der Waals surface area contributed by atoms with Crippen LogP contribution in [0.3, 0.4) is 0 Å². The number of aryl methyl sites for hydroxylation is 1. The predicted molar refractivity (Wildman–Crippen MR) is 59.2 cm³/mol. The minimum atomic E-state index is 0.338. The molecule has 0 spiro atoms. The summed E-state index contributed by atoms with van der Waals surface area (Å²) in [4.78, 5) is 0. The lowest BCUT2D eigenvalue weighted by atomic mass is 10.1. The van der Waals surface area contributed by atoms with Gasteiger partial charge in [-0.15, -0.1) is 5.10 Å². The Kier molecular flexibility index (Phi) is 2.76. The molecule has 17 heavy (non-hydrogen) atoms. The molecular weight excluding hydrogens is 216 g/mol. The van der Waals surface area contributed by atoms with Gasteiger partial charge in [0.1, 0.15) is 11.8 Å². The number of hydrogen-bond donors (Lipinski definition) is 0. The van der Waals surface area contributed by atoms with Gasteiger partial charge in [-0.1, -0.05) is 0 Å². The third-order valence-electron chi connectivity index (χ3n) is 2.13. The minimum Gasteiger partial charge on any atom is -0.436 e. The third-order valence-corrected chi connectivity index (χ3v) is 2.13. The van der Waals surface area contributed by atoms with Gasteiger partial charge in [-0.3, -0.25) is 4.68 Å². The highest BCUT2D eigenvalue weighted by molar-refractivity contribution is 5.49. The van der Waals surface area contributed by atoms with Gasteiger partial charge in [0, 0.05) is 19.3 Å². The maximum absolute atomic E-state index is 8.93. The van der Waals surface area contributed by atoms with Crippen LogP contribution in [0, 0.1) is 22.7 Å². The molecule has 0 aliphatic heterocycles. The van der Waals surface area contributed by atoms with Crippen LogP contribution in [0.25, 0.3) is 0 Å². The lowest BCUT2D eigenvalue weighted by Gasteiger charge is -2.04. The number of aromatic nitrogens is 2. The van der Waals surface area contributed by atoms with Crippen molar-refractivity contribution in [3.8, 4) is 23.8 Å². The first kappa shape index (κ1) is 10.7. The fraction of sp³-hybridized carbons (Fsp3) is 0.0833. The van der Waals surface area contributed by atoms with Crippen LogP contribution >= 0.6 is 0 Å². The van der Waals surface area contributed by atoms with E-state index in [-0.39, 0.29) is 0 Å². The zero-order valence-corrected chi connectivity index (χ0v) is 9.08. The summed E-state index contributed by atoms with van der Waals surface area (Å²) in [5.74, 6) is 0.726. The Bertz CT molecular complexity index is 631. The summed E-state index contributed by atoms with van der Waals surface area (Å²) in [6.07, 6.45) is 1.73. The molecule has 0 aliphatic carbocycles. The molecule has 0 fully saturated rings. The molecule has 2 rings (SSSR count). The molecule has 0 saturated carbocycles. The largest absolute Gasteiger partial charge is 0.436 e. The summed E-state index contributed by atoms with van der Waals surface area (Å²) in [6.45, 7) is 0. The number of nitriles is 2. The lowest BCUT2D eigenvalue weighted by molar-refractivity contribution is 0.452. The van der Waals surface area contributed by atoms with Crippen LogP contribution in [0.5, 0.6) is 11.6 Å². The standard InChI is InChI=1S/C12H8N4O/c1-16-5-4-12(15-16)17-11-6-9(7-13)2-3-10(11)8-14/h2-6H,1H3. The predicted octanol–water partition coefficient (Wildman–Crippen LogP) is 1.96. The van der Waals surface area contributed by atoms with E-state index in [1.54, 1.807) is 36.1 Å². The average Bonchev–Trinajstić information content (AvgIpc) is 2.74. The Morgan fingerprint density at radius 1 is 1.24 bits per heavy atom. The van der Waals surface area contributed by atoms with Crippen molar-refractivity contribution in [3.63, 3.8) is 0 Å². The molecule has 0 N–H and O–H groups in total. The first-order valence-electron chi connectivity index (χ1n) is 4.84. The van der Waals surface area contributed by atoms with Gasteiger partial charge in [-0.05, 0) is 18.2 Å². The van der Waals surface area contributed by atoms with Crippen molar-refractivity contribution in [1.29, 1.82) is 10.5 Å². The van der Waals surface area contributed by atoms with E-state index in [0.29, 0.717) is 22.8 Å². The molecule has 0 radical (unpaired) electrons. The zero-order valence-electron chi connectivity index (χ0n) is 9.08. The lowest BCUT2D eigenvalue weighted by Crippen LogP contribution is -1.92. The summed E-state index contributed by atoms with van der Waals surface area (Å²) in [6, 6.07) is 10.3. The van der Waals surface area contributed by atoms with E-state index >= 15 is 0 Å². The minimum absolute atomic E-state index is 0.338. The third kappa shape index (κ3) is 2.24. The second-order valence-electron chi connectivity index (χ2n) is 3.36. The quantitative estimate of drug-likeness (QED) is 0.781. The van der Waals surface area contributed by atoms with E-state index in [2.05, 4.69) is 5.10 Å². The van der Waals surface area contributed by atoms with Gasteiger partial charge in [0.05, 0.1) is 17.2 Å². The topological polar surface area (TPSA) is 74.6 Å². The number of benzene rings is 1. The summed E-state index contributed by atoms with van der Waals surface area (Å²) >= 11 is 0. The van der Waals surface area contributed by atoms with E-state index in [9.17, 15) is 0 Å². The van der Waals surface area contributed by atoms with Gasteiger partial charge in [0.2, 0.25) is 5.88 Å². The summed E-state index contributed by atoms with van der Waals surface area (Å²) < 4.78 is 7.05. The second kappa shape index (κ2) is 4.38. The summed E-state index contributed by atoms with van der Waals surface area (Å²) in [7, 11) is 1.77. The Morgan fingerprint density at radius 2 is 2.06 bits per heavy atom. The number of hydrogen-bond acceptors (Lipinski definition) is 4. The van der Waals surface area contributed by atoms with Gasteiger partial charge in [0.15, 0.2) is 0 Å². The highest BCUT2D eigenvalue weighted by atomic mass is 16.5. The SMILES string of the molecule is Cn1ccc(Oc2cc(C#N)ccc2C#N)n1. The monoisotopic (exact) mass is 224 g/mol.